The molecular formula is C18H17NO. The van der Waals surface area contributed by atoms with E-state index in [4.69, 9.17) is 0 Å². The molecule has 0 bridgehead atoms. The first kappa shape index (κ1) is 12.7. The number of carbonyl (C=O) groups excluding carboxylic acids is 1. The standard InChI is InChI=1S/C18H17NO/c1-2-12-19-17(13-14-8-4-3-5-9-14)15-10-6-7-11-16(15)18(19)20/h2-11,17H,1,12-13H2. The lowest BCUT2D eigenvalue weighted by molar-refractivity contribution is 0.0748. The number of carbonyl (C=O) groups is 1. The molecule has 1 amide bonds. The number of fused-ring (bicyclic) bond motifs is 1. The van der Waals surface area contributed by atoms with Crippen molar-refractivity contribution in [2.45, 2.75) is 12.5 Å². The van der Waals surface area contributed by atoms with Gasteiger partial charge in [-0.15, -0.1) is 6.58 Å². The zero-order valence-electron chi connectivity index (χ0n) is 11.3. The minimum atomic E-state index is 0.110. The van der Waals surface area contributed by atoms with Crippen molar-refractivity contribution >= 4 is 5.91 Å². The van der Waals surface area contributed by atoms with Crippen LogP contribution >= 0.6 is 0 Å². The van der Waals surface area contributed by atoms with Crippen LogP contribution in [-0.2, 0) is 6.42 Å². The Balaban J connectivity index is 1.97. The molecule has 1 aliphatic heterocycles. The van der Waals surface area contributed by atoms with Crippen LogP contribution in [-0.4, -0.2) is 17.4 Å². The Bertz CT molecular complexity index is 633. The smallest absolute Gasteiger partial charge is 0.255 e. The average molecular weight is 263 g/mol. The fourth-order valence-electron chi connectivity index (χ4n) is 2.85. The largest absolute Gasteiger partial charge is 0.328 e. The van der Waals surface area contributed by atoms with Crippen molar-refractivity contribution < 1.29 is 4.79 Å². The minimum Gasteiger partial charge on any atom is -0.328 e. The van der Waals surface area contributed by atoms with E-state index in [2.05, 4.69) is 24.8 Å². The Kier molecular flexibility index (Phi) is 3.38. The van der Waals surface area contributed by atoms with Gasteiger partial charge in [0.25, 0.3) is 5.91 Å². The summed E-state index contributed by atoms with van der Waals surface area (Å²) in [4.78, 5) is 14.4. The summed E-state index contributed by atoms with van der Waals surface area (Å²) in [7, 11) is 0. The normalized spacial score (nSPS) is 17.1. The molecule has 1 unspecified atom stereocenters. The quantitative estimate of drug-likeness (QED) is 0.772. The van der Waals surface area contributed by atoms with Crippen molar-refractivity contribution in [2.75, 3.05) is 6.54 Å². The third-order valence-electron chi connectivity index (χ3n) is 3.78. The van der Waals surface area contributed by atoms with Gasteiger partial charge in [0.2, 0.25) is 0 Å². The number of hydrogen-bond donors (Lipinski definition) is 0. The monoisotopic (exact) mass is 263 g/mol. The molecular weight excluding hydrogens is 246 g/mol. The maximum Gasteiger partial charge on any atom is 0.255 e. The molecule has 2 aromatic rings. The van der Waals surface area contributed by atoms with Gasteiger partial charge in [-0.3, -0.25) is 4.79 Å². The van der Waals surface area contributed by atoms with Crippen LogP contribution < -0.4 is 0 Å². The summed E-state index contributed by atoms with van der Waals surface area (Å²) in [5.41, 5.74) is 3.20. The number of amides is 1. The van der Waals surface area contributed by atoms with E-state index in [1.807, 2.05) is 41.3 Å². The number of benzene rings is 2. The molecule has 0 fully saturated rings. The van der Waals surface area contributed by atoms with E-state index in [0.717, 1.165) is 17.5 Å². The van der Waals surface area contributed by atoms with Crippen LogP contribution in [0.5, 0.6) is 0 Å². The third kappa shape index (κ3) is 2.14. The minimum absolute atomic E-state index is 0.110. The molecule has 1 aliphatic rings. The van der Waals surface area contributed by atoms with E-state index in [0.29, 0.717) is 6.54 Å². The zero-order chi connectivity index (χ0) is 13.9. The zero-order valence-corrected chi connectivity index (χ0v) is 11.3. The van der Waals surface area contributed by atoms with E-state index in [1.54, 1.807) is 6.08 Å². The lowest BCUT2D eigenvalue weighted by Crippen LogP contribution is -2.29. The average Bonchev–Trinajstić information content (AvgIpc) is 2.75. The molecule has 0 saturated heterocycles. The first-order valence-electron chi connectivity index (χ1n) is 6.86. The summed E-state index contributed by atoms with van der Waals surface area (Å²) in [5.74, 6) is 0.112. The molecule has 2 heteroatoms. The predicted octanol–water partition coefficient (Wildman–Crippen LogP) is 3.61. The molecule has 0 spiro atoms. The van der Waals surface area contributed by atoms with Crippen LogP contribution in [0.1, 0.15) is 27.5 Å². The van der Waals surface area contributed by atoms with Crippen LogP contribution in [0.15, 0.2) is 67.3 Å². The maximum atomic E-state index is 12.5. The fourth-order valence-corrected chi connectivity index (χ4v) is 2.85. The number of nitrogens with zero attached hydrogens (tertiary/aromatic N) is 1. The second-order valence-corrected chi connectivity index (χ2v) is 5.04. The number of hydrogen-bond acceptors (Lipinski definition) is 1. The third-order valence-corrected chi connectivity index (χ3v) is 3.78. The van der Waals surface area contributed by atoms with Crippen molar-refractivity contribution in [1.29, 1.82) is 0 Å². The Morgan fingerprint density at radius 2 is 1.75 bits per heavy atom. The van der Waals surface area contributed by atoms with Gasteiger partial charge in [-0.1, -0.05) is 54.6 Å². The van der Waals surface area contributed by atoms with E-state index < -0.39 is 0 Å². The second-order valence-electron chi connectivity index (χ2n) is 5.04. The van der Waals surface area contributed by atoms with Crippen LogP contribution in [0.25, 0.3) is 0 Å². The van der Waals surface area contributed by atoms with E-state index in [9.17, 15) is 4.79 Å². The topological polar surface area (TPSA) is 20.3 Å². The highest BCUT2D eigenvalue weighted by molar-refractivity contribution is 5.99. The van der Waals surface area contributed by atoms with E-state index in [1.165, 1.54) is 5.56 Å². The first-order valence-corrected chi connectivity index (χ1v) is 6.86. The highest BCUT2D eigenvalue weighted by atomic mass is 16.2. The number of rotatable bonds is 4. The van der Waals surface area contributed by atoms with Gasteiger partial charge in [0.05, 0.1) is 6.04 Å². The molecule has 20 heavy (non-hydrogen) atoms. The van der Waals surface area contributed by atoms with Crippen molar-refractivity contribution in [3.63, 3.8) is 0 Å². The molecule has 0 radical (unpaired) electrons. The van der Waals surface area contributed by atoms with Gasteiger partial charge in [0.1, 0.15) is 0 Å². The molecule has 3 rings (SSSR count). The van der Waals surface area contributed by atoms with Gasteiger partial charge in [-0.05, 0) is 23.6 Å². The first-order chi connectivity index (χ1) is 9.81. The predicted molar refractivity (Wildman–Crippen MR) is 80.6 cm³/mol. The van der Waals surface area contributed by atoms with Crippen LogP contribution in [0.3, 0.4) is 0 Å². The molecule has 0 aromatic heterocycles. The molecule has 0 saturated carbocycles. The van der Waals surface area contributed by atoms with Crippen molar-refractivity contribution in [2.24, 2.45) is 0 Å². The molecule has 2 nitrogen and oxygen atoms in total. The summed E-state index contributed by atoms with van der Waals surface area (Å²) < 4.78 is 0. The molecule has 100 valence electrons. The Labute approximate surface area is 119 Å². The summed E-state index contributed by atoms with van der Waals surface area (Å²) in [6, 6.07) is 18.3. The molecule has 2 aromatic carbocycles. The summed E-state index contributed by atoms with van der Waals surface area (Å²) in [6.45, 7) is 4.36. The molecule has 1 heterocycles. The Morgan fingerprint density at radius 1 is 1.05 bits per heavy atom. The molecule has 0 aliphatic carbocycles. The van der Waals surface area contributed by atoms with Gasteiger partial charge < -0.3 is 4.90 Å². The lowest BCUT2D eigenvalue weighted by atomic mass is 9.98. The van der Waals surface area contributed by atoms with E-state index >= 15 is 0 Å². The fraction of sp³-hybridized carbons (Fsp3) is 0.167. The SMILES string of the molecule is C=CCN1C(=O)c2ccccc2C1Cc1ccccc1. The van der Waals surface area contributed by atoms with Crippen LogP contribution in [0.4, 0.5) is 0 Å². The summed E-state index contributed by atoms with van der Waals surface area (Å²) in [5, 5.41) is 0. The Morgan fingerprint density at radius 3 is 2.50 bits per heavy atom. The Hall–Kier alpha value is -2.35. The summed E-state index contributed by atoms with van der Waals surface area (Å²) >= 11 is 0. The van der Waals surface area contributed by atoms with Gasteiger partial charge in [0.15, 0.2) is 0 Å². The van der Waals surface area contributed by atoms with Crippen molar-refractivity contribution in [3.8, 4) is 0 Å². The van der Waals surface area contributed by atoms with Gasteiger partial charge in [0, 0.05) is 12.1 Å². The maximum absolute atomic E-state index is 12.5. The van der Waals surface area contributed by atoms with Gasteiger partial charge >= 0.3 is 0 Å². The second kappa shape index (κ2) is 5.33. The highest BCUT2D eigenvalue weighted by Gasteiger charge is 2.35. The molecule has 1 atom stereocenters. The van der Waals surface area contributed by atoms with Crippen molar-refractivity contribution in [1.82, 2.24) is 4.90 Å². The van der Waals surface area contributed by atoms with E-state index in [-0.39, 0.29) is 11.9 Å². The summed E-state index contributed by atoms with van der Waals surface area (Å²) in [6.07, 6.45) is 2.64. The highest BCUT2D eigenvalue weighted by Crippen LogP contribution is 2.35. The van der Waals surface area contributed by atoms with Crippen molar-refractivity contribution in [3.05, 3.63) is 83.9 Å². The molecule has 0 N–H and O–H groups in total. The van der Waals surface area contributed by atoms with Crippen LogP contribution in [0, 0.1) is 0 Å². The van der Waals surface area contributed by atoms with Gasteiger partial charge in [-0.25, -0.2) is 0 Å². The lowest BCUT2D eigenvalue weighted by Gasteiger charge is -2.24. The van der Waals surface area contributed by atoms with Gasteiger partial charge in [-0.2, -0.15) is 0 Å². The van der Waals surface area contributed by atoms with Crippen LogP contribution in [0.2, 0.25) is 0 Å².